The Morgan fingerprint density at radius 3 is 2.56 bits per heavy atom. The predicted molar refractivity (Wildman–Crippen MR) is 118 cm³/mol. The van der Waals surface area contributed by atoms with E-state index in [4.69, 9.17) is 4.52 Å². The number of halogens is 1. The van der Waals surface area contributed by atoms with Crippen LogP contribution in [0.4, 0.5) is 4.39 Å². The third-order valence-corrected chi connectivity index (χ3v) is 5.24. The van der Waals surface area contributed by atoms with Gasteiger partial charge in [0.05, 0.1) is 22.9 Å². The maximum Gasteiger partial charge on any atom is 0.273 e. The number of nitrogens with zero attached hydrogens (tertiary/aromatic N) is 3. The van der Waals surface area contributed by atoms with E-state index in [9.17, 15) is 9.18 Å². The fourth-order valence-corrected chi connectivity index (χ4v) is 3.54. The number of carbonyl (C=O) groups is 1. The number of amides is 1. The van der Waals surface area contributed by atoms with Crippen LogP contribution in [0.5, 0.6) is 0 Å². The van der Waals surface area contributed by atoms with Crippen molar-refractivity contribution >= 4 is 16.9 Å². The van der Waals surface area contributed by atoms with Gasteiger partial charge in [-0.1, -0.05) is 53.7 Å². The lowest BCUT2D eigenvalue weighted by Gasteiger charge is -2.07. The Balaban J connectivity index is 1.21. The van der Waals surface area contributed by atoms with Gasteiger partial charge in [-0.3, -0.25) is 4.79 Å². The zero-order valence-corrected chi connectivity index (χ0v) is 17.0. The average molecular weight is 426 g/mol. The Kier molecular flexibility index (Phi) is 5.21. The van der Waals surface area contributed by atoms with Gasteiger partial charge in [0.25, 0.3) is 5.91 Å². The molecule has 32 heavy (non-hydrogen) atoms. The highest BCUT2D eigenvalue weighted by Gasteiger charge is 2.15. The Morgan fingerprint density at radius 1 is 0.969 bits per heavy atom. The van der Waals surface area contributed by atoms with Crippen molar-refractivity contribution in [1.82, 2.24) is 20.0 Å². The number of aromatic nitrogens is 3. The van der Waals surface area contributed by atoms with Crippen molar-refractivity contribution in [3.63, 3.8) is 0 Å². The molecule has 0 saturated carbocycles. The second kappa shape index (κ2) is 8.47. The van der Waals surface area contributed by atoms with E-state index < -0.39 is 5.82 Å². The lowest BCUT2D eigenvalue weighted by Crippen LogP contribution is -2.23. The zero-order chi connectivity index (χ0) is 21.9. The first kappa shape index (κ1) is 19.7. The molecule has 158 valence electrons. The molecule has 0 aliphatic carbocycles. The van der Waals surface area contributed by atoms with Crippen LogP contribution in [-0.4, -0.2) is 20.6 Å². The molecule has 0 radical (unpaired) electrons. The molecule has 0 aliphatic heterocycles. The molecule has 6 nitrogen and oxygen atoms in total. The van der Waals surface area contributed by atoms with E-state index in [-0.39, 0.29) is 22.9 Å². The summed E-state index contributed by atoms with van der Waals surface area (Å²) in [5.41, 5.74) is 4.51. The van der Waals surface area contributed by atoms with Gasteiger partial charge in [-0.25, -0.2) is 9.37 Å². The minimum absolute atomic E-state index is 0.104. The lowest BCUT2D eigenvalue weighted by molar-refractivity contribution is 0.0942. The highest BCUT2D eigenvalue weighted by Crippen LogP contribution is 2.23. The standard InChI is InChI=1S/C25H19FN4O2/c26-20-6-2-1-5-19(20)24-13-22(29-32-24)25(31)27-14-17-9-11-18(12-10-17)15-30-16-28-21-7-3-4-8-23(21)30/h1-13,16H,14-15H2,(H,27,31). The van der Waals surface area contributed by atoms with Crippen molar-refractivity contribution in [1.29, 1.82) is 0 Å². The number of benzene rings is 3. The predicted octanol–water partition coefficient (Wildman–Crippen LogP) is 4.81. The van der Waals surface area contributed by atoms with Crippen LogP contribution in [0.1, 0.15) is 21.6 Å². The third kappa shape index (κ3) is 4.00. The van der Waals surface area contributed by atoms with Gasteiger partial charge in [0.2, 0.25) is 0 Å². The lowest BCUT2D eigenvalue weighted by atomic mass is 10.1. The number of hydrogen-bond acceptors (Lipinski definition) is 4. The summed E-state index contributed by atoms with van der Waals surface area (Å²) in [7, 11) is 0. The van der Waals surface area contributed by atoms with Crippen LogP contribution < -0.4 is 5.32 Å². The highest BCUT2D eigenvalue weighted by molar-refractivity contribution is 5.93. The summed E-state index contributed by atoms with van der Waals surface area (Å²) in [6.45, 7) is 1.06. The minimum Gasteiger partial charge on any atom is -0.355 e. The fourth-order valence-electron chi connectivity index (χ4n) is 3.54. The van der Waals surface area contributed by atoms with E-state index in [1.54, 1.807) is 18.2 Å². The fraction of sp³-hybridized carbons (Fsp3) is 0.0800. The van der Waals surface area contributed by atoms with Crippen molar-refractivity contribution in [3.8, 4) is 11.3 Å². The summed E-state index contributed by atoms with van der Waals surface area (Å²) >= 11 is 0. The minimum atomic E-state index is -0.431. The maximum absolute atomic E-state index is 13.9. The van der Waals surface area contributed by atoms with Gasteiger partial charge in [-0.05, 0) is 35.4 Å². The third-order valence-electron chi connectivity index (χ3n) is 5.24. The smallest absolute Gasteiger partial charge is 0.273 e. The molecule has 3 aromatic carbocycles. The molecule has 0 unspecified atom stereocenters. The van der Waals surface area contributed by atoms with E-state index in [0.29, 0.717) is 13.1 Å². The molecule has 5 aromatic rings. The van der Waals surface area contributed by atoms with Gasteiger partial charge in [0.15, 0.2) is 11.5 Å². The van der Waals surface area contributed by atoms with Crippen molar-refractivity contribution in [3.05, 3.63) is 108 Å². The molecular formula is C25H19FN4O2. The topological polar surface area (TPSA) is 73.0 Å². The first-order chi connectivity index (χ1) is 15.7. The number of imidazole rings is 1. The maximum atomic E-state index is 13.9. The van der Waals surface area contributed by atoms with E-state index in [2.05, 4.69) is 20.0 Å². The van der Waals surface area contributed by atoms with Crippen molar-refractivity contribution in [2.24, 2.45) is 0 Å². The van der Waals surface area contributed by atoms with Gasteiger partial charge in [0.1, 0.15) is 5.82 Å². The first-order valence-electron chi connectivity index (χ1n) is 10.1. The molecule has 5 rings (SSSR count). The second-order valence-corrected chi connectivity index (χ2v) is 7.42. The molecule has 2 aromatic heterocycles. The Morgan fingerprint density at radius 2 is 1.72 bits per heavy atom. The van der Waals surface area contributed by atoms with Crippen LogP contribution in [-0.2, 0) is 13.1 Å². The normalized spacial score (nSPS) is 11.0. The summed E-state index contributed by atoms with van der Waals surface area (Å²) < 4.78 is 21.1. The Bertz CT molecular complexity index is 1390. The second-order valence-electron chi connectivity index (χ2n) is 7.42. The van der Waals surface area contributed by atoms with Gasteiger partial charge in [-0.2, -0.15) is 0 Å². The van der Waals surface area contributed by atoms with Gasteiger partial charge >= 0.3 is 0 Å². The summed E-state index contributed by atoms with van der Waals surface area (Å²) in [4.78, 5) is 16.8. The van der Waals surface area contributed by atoms with Crippen molar-refractivity contribution in [2.45, 2.75) is 13.1 Å². The number of rotatable bonds is 6. The summed E-state index contributed by atoms with van der Waals surface area (Å²) in [6.07, 6.45) is 1.84. The molecule has 1 N–H and O–H groups in total. The summed E-state index contributed by atoms with van der Waals surface area (Å²) in [5, 5.41) is 6.58. The molecule has 0 fully saturated rings. The van der Waals surface area contributed by atoms with Crippen LogP contribution in [0, 0.1) is 5.82 Å². The number of fused-ring (bicyclic) bond motifs is 1. The van der Waals surface area contributed by atoms with Crippen LogP contribution in [0.15, 0.2) is 89.7 Å². The Hall–Kier alpha value is -4.26. The molecular weight excluding hydrogens is 407 g/mol. The van der Waals surface area contributed by atoms with Crippen molar-refractivity contribution < 1.29 is 13.7 Å². The zero-order valence-electron chi connectivity index (χ0n) is 17.0. The average Bonchev–Trinajstić information content (AvgIpc) is 3.47. The van der Waals surface area contributed by atoms with Gasteiger partial charge in [-0.15, -0.1) is 0 Å². The number of para-hydroxylation sites is 2. The molecule has 0 saturated heterocycles. The molecule has 0 aliphatic rings. The number of nitrogens with one attached hydrogen (secondary N) is 1. The monoisotopic (exact) mass is 426 g/mol. The molecule has 0 bridgehead atoms. The van der Waals surface area contributed by atoms with Crippen LogP contribution in [0.2, 0.25) is 0 Å². The highest BCUT2D eigenvalue weighted by atomic mass is 19.1. The van der Waals surface area contributed by atoms with Crippen LogP contribution in [0.3, 0.4) is 0 Å². The first-order valence-corrected chi connectivity index (χ1v) is 10.1. The van der Waals surface area contributed by atoms with Gasteiger partial charge < -0.3 is 14.4 Å². The number of hydrogen-bond donors (Lipinski definition) is 1. The molecule has 1 amide bonds. The summed E-state index contributed by atoms with van der Waals surface area (Å²) in [6, 6.07) is 23.7. The number of carbonyl (C=O) groups excluding carboxylic acids is 1. The van der Waals surface area contributed by atoms with E-state index in [1.165, 1.54) is 12.1 Å². The Labute approximate surface area is 183 Å². The van der Waals surface area contributed by atoms with Crippen LogP contribution >= 0.6 is 0 Å². The van der Waals surface area contributed by atoms with E-state index in [1.807, 2.05) is 54.9 Å². The summed E-state index contributed by atoms with van der Waals surface area (Å²) in [5.74, 6) is -0.602. The van der Waals surface area contributed by atoms with Crippen LogP contribution in [0.25, 0.3) is 22.4 Å². The molecule has 0 spiro atoms. The van der Waals surface area contributed by atoms with Crippen molar-refractivity contribution in [2.75, 3.05) is 0 Å². The van der Waals surface area contributed by atoms with Gasteiger partial charge in [0, 0.05) is 19.2 Å². The molecule has 7 heteroatoms. The SMILES string of the molecule is O=C(NCc1ccc(Cn2cnc3ccccc32)cc1)c1cc(-c2ccccc2F)on1. The quantitative estimate of drug-likeness (QED) is 0.423. The molecule has 0 atom stereocenters. The largest absolute Gasteiger partial charge is 0.355 e. The molecule has 2 heterocycles. The van der Waals surface area contributed by atoms with E-state index >= 15 is 0 Å². The van der Waals surface area contributed by atoms with E-state index in [0.717, 1.165) is 22.2 Å².